The highest BCUT2D eigenvalue weighted by atomic mass is 19.1. The van der Waals surface area contributed by atoms with Crippen LogP contribution in [0.25, 0.3) is 0 Å². The number of nitrogens with one attached hydrogen (secondary N) is 1. The van der Waals surface area contributed by atoms with Crippen molar-refractivity contribution in [3.8, 4) is 11.5 Å². The summed E-state index contributed by atoms with van der Waals surface area (Å²) in [6, 6.07) is 13.4. The maximum Gasteiger partial charge on any atom is 0.257 e. The van der Waals surface area contributed by atoms with Crippen molar-refractivity contribution < 1.29 is 18.7 Å². The first-order chi connectivity index (χ1) is 11.2. The molecule has 5 heteroatoms. The van der Waals surface area contributed by atoms with E-state index in [9.17, 15) is 9.18 Å². The van der Waals surface area contributed by atoms with Crippen LogP contribution < -0.4 is 14.8 Å². The number of rotatable bonds is 8. The highest BCUT2D eigenvalue weighted by Crippen LogP contribution is 2.12. The van der Waals surface area contributed by atoms with Gasteiger partial charge in [0.25, 0.3) is 5.91 Å². The molecule has 1 N–H and O–H groups in total. The summed E-state index contributed by atoms with van der Waals surface area (Å²) >= 11 is 0. The van der Waals surface area contributed by atoms with Gasteiger partial charge in [0.2, 0.25) is 0 Å². The Morgan fingerprint density at radius 3 is 2.35 bits per heavy atom. The first-order valence-corrected chi connectivity index (χ1v) is 7.45. The van der Waals surface area contributed by atoms with Crippen LogP contribution in [0.15, 0.2) is 48.5 Å². The largest absolute Gasteiger partial charge is 0.497 e. The zero-order chi connectivity index (χ0) is 16.5. The number of aryl methyl sites for hydroxylation is 1. The molecule has 0 aromatic heterocycles. The molecule has 0 atom stereocenters. The van der Waals surface area contributed by atoms with E-state index in [0.717, 1.165) is 18.6 Å². The quantitative estimate of drug-likeness (QED) is 0.762. The van der Waals surface area contributed by atoms with Gasteiger partial charge in [-0.25, -0.2) is 4.39 Å². The van der Waals surface area contributed by atoms with Gasteiger partial charge in [-0.2, -0.15) is 0 Å². The van der Waals surface area contributed by atoms with Crippen LogP contribution in [0.1, 0.15) is 12.0 Å². The molecule has 0 aliphatic rings. The van der Waals surface area contributed by atoms with Crippen LogP contribution >= 0.6 is 0 Å². The minimum Gasteiger partial charge on any atom is -0.497 e. The van der Waals surface area contributed by atoms with Gasteiger partial charge in [0, 0.05) is 6.54 Å². The zero-order valence-corrected chi connectivity index (χ0v) is 13.0. The number of amides is 1. The van der Waals surface area contributed by atoms with E-state index in [-0.39, 0.29) is 18.3 Å². The molecule has 0 aliphatic carbocycles. The van der Waals surface area contributed by atoms with Gasteiger partial charge in [0.1, 0.15) is 17.3 Å². The number of methoxy groups -OCH3 is 1. The van der Waals surface area contributed by atoms with Gasteiger partial charge >= 0.3 is 0 Å². The summed E-state index contributed by atoms with van der Waals surface area (Å²) in [4.78, 5) is 11.7. The molecule has 2 aromatic carbocycles. The van der Waals surface area contributed by atoms with Gasteiger partial charge in [-0.05, 0) is 54.8 Å². The summed E-state index contributed by atoms with van der Waals surface area (Å²) in [5.41, 5.74) is 1.20. The lowest BCUT2D eigenvalue weighted by atomic mass is 10.1. The molecule has 122 valence electrons. The average Bonchev–Trinajstić information content (AvgIpc) is 2.59. The molecular weight excluding hydrogens is 297 g/mol. The first-order valence-electron chi connectivity index (χ1n) is 7.45. The Morgan fingerprint density at radius 2 is 1.70 bits per heavy atom. The second-order valence-corrected chi connectivity index (χ2v) is 5.04. The Bertz CT molecular complexity index is 611. The van der Waals surface area contributed by atoms with E-state index in [1.165, 1.54) is 29.8 Å². The van der Waals surface area contributed by atoms with Crippen LogP contribution in [0.5, 0.6) is 11.5 Å². The van der Waals surface area contributed by atoms with E-state index in [2.05, 4.69) is 5.32 Å². The molecule has 2 aromatic rings. The topological polar surface area (TPSA) is 47.6 Å². The number of benzene rings is 2. The third-order valence-electron chi connectivity index (χ3n) is 3.31. The van der Waals surface area contributed by atoms with Crippen molar-refractivity contribution in [3.63, 3.8) is 0 Å². The van der Waals surface area contributed by atoms with Crippen LogP contribution in [-0.4, -0.2) is 26.2 Å². The van der Waals surface area contributed by atoms with Crippen molar-refractivity contribution in [2.24, 2.45) is 0 Å². The molecule has 1 amide bonds. The number of hydrogen-bond acceptors (Lipinski definition) is 3. The maximum absolute atomic E-state index is 12.7. The van der Waals surface area contributed by atoms with E-state index >= 15 is 0 Å². The van der Waals surface area contributed by atoms with Crippen LogP contribution in [-0.2, 0) is 11.2 Å². The molecule has 23 heavy (non-hydrogen) atoms. The van der Waals surface area contributed by atoms with Crippen LogP contribution in [0.4, 0.5) is 4.39 Å². The van der Waals surface area contributed by atoms with Crippen molar-refractivity contribution in [2.45, 2.75) is 12.8 Å². The van der Waals surface area contributed by atoms with Crippen molar-refractivity contribution in [3.05, 3.63) is 59.9 Å². The molecule has 0 saturated carbocycles. The number of ether oxygens (including phenoxy) is 2. The van der Waals surface area contributed by atoms with Gasteiger partial charge in [-0.3, -0.25) is 4.79 Å². The van der Waals surface area contributed by atoms with Crippen molar-refractivity contribution in [2.75, 3.05) is 20.3 Å². The SMILES string of the molecule is COc1ccc(CCCNC(=O)COc2ccc(F)cc2)cc1. The fourth-order valence-electron chi connectivity index (χ4n) is 2.04. The summed E-state index contributed by atoms with van der Waals surface area (Å²) in [5.74, 6) is 0.782. The Kier molecular flexibility index (Phi) is 6.41. The molecule has 2 rings (SSSR count). The van der Waals surface area contributed by atoms with Crippen molar-refractivity contribution in [1.82, 2.24) is 5.32 Å². The highest BCUT2D eigenvalue weighted by Gasteiger charge is 2.03. The van der Waals surface area contributed by atoms with Crippen LogP contribution in [0.2, 0.25) is 0 Å². The highest BCUT2D eigenvalue weighted by molar-refractivity contribution is 5.77. The summed E-state index contributed by atoms with van der Waals surface area (Å²) < 4.78 is 23.1. The van der Waals surface area contributed by atoms with E-state index < -0.39 is 0 Å². The van der Waals surface area contributed by atoms with E-state index in [1.54, 1.807) is 7.11 Å². The van der Waals surface area contributed by atoms with E-state index in [1.807, 2.05) is 24.3 Å². The average molecular weight is 317 g/mol. The van der Waals surface area contributed by atoms with Gasteiger partial charge in [-0.1, -0.05) is 12.1 Å². The molecule has 0 radical (unpaired) electrons. The summed E-state index contributed by atoms with van der Waals surface area (Å²) in [6.07, 6.45) is 1.72. The molecule has 0 fully saturated rings. The van der Waals surface area contributed by atoms with Crippen molar-refractivity contribution in [1.29, 1.82) is 0 Å². The van der Waals surface area contributed by atoms with E-state index in [4.69, 9.17) is 9.47 Å². The maximum atomic E-state index is 12.7. The monoisotopic (exact) mass is 317 g/mol. The number of hydrogen-bond donors (Lipinski definition) is 1. The third kappa shape index (κ3) is 5.98. The van der Waals surface area contributed by atoms with Crippen LogP contribution in [0, 0.1) is 5.82 Å². The summed E-state index contributed by atoms with van der Waals surface area (Å²) in [7, 11) is 1.64. The molecule has 4 nitrogen and oxygen atoms in total. The Labute approximate surface area is 135 Å². The number of halogens is 1. The minimum absolute atomic E-state index is 0.0752. The first kappa shape index (κ1) is 16.8. The Balaban J connectivity index is 1.61. The molecular formula is C18H20FNO3. The fourth-order valence-corrected chi connectivity index (χ4v) is 2.04. The van der Waals surface area contributed by atoms with Gasteiger partial charge in [0.15, 0.2) is 6.61 Å². The minimum atomic E-state index is -0.333. The number of carbonyl (C=O) groups is 1. The second-order valence-electron chi connectivity index (χ2n) is 5.04. The van der Waals surface area contributed by atoms with Crippen molar-refractivity contribution >= 4 is 5.91 Å². The molecule has 0 unspecified atom stereocenters. The molecule has 0 aliphatic heterocycles. The Morgan fingerprint density at radius 1 is 1.04 bits per heavy atom. The number of carbonyl (C=O) groups excluding carboxylic acids is 1. The lowest BCUT2D eigenvalue weighted by Crippen LogP contribution is -2.29. The smallest absolute Gasteiger partial charge is 0.257 e. The second kappa shape index (κ2) is 8.78. The summed E-state index contributed by atoms with van der Waals surface area (Å²) in [5, 5.41) is 2.79. The molecule has 0 spiro atoms. The zero-order valence-electron chi connectivity index (χ0n) is 13.0. The standard InChI is InChI=1S/C18H20FNO3/c1-22-16-8-4-14(5-9-16)3-2-12-20-18(21)13-23-17-10-6-15(19)7-11-17/h4-11H,2-3,12-13H2,1H3,(H,20,21). The normalized spacial score (nSPS) is 10.2. The molecule has 0 heterocycles. The van der Waals surface area contributed by atoms with E-state index in [0.29, 0.717) is 12.3 Å². The predicted octanol–water partition coefficient (Wildman–Crippen LogP) is 2.96. The third-order valence-corrected chi connectivity index (χ3v) is 3.31. The fraction of sp³-hybridized carbons (Fsp3) is 0.278. The predicted molar refractivity (Wildman–Crippen MR) is 86.2 cm³/mol. The molecule has 0 bridgehead atoms. The van der Waals surface area contributed by atoms with Gasteiger partial charge in [0.05, 0.1) is 7.11 Å². The summed E-state index contributed by atoms with van der Waals surface area (Å²) in [6.45, 7) is 0.506. The lowest BCUT2D eigenvalue weighted by Gasteiger charge is -2.08. The molecule has 0 saturated heterocycles. The van der Waals surface area contributed by atoms with Crippen LogP contribution in [0.3, 0.4) is 0 Å². The lowest BCUT2D eigenvalue weighted by molar-refractivity contribution is -0.123. The van der Waals surface area contributed by atoms with Gasteiger partial charge < -0.3 is 14.8 Å². The van der Waals surface area contributed by atoms with Gasteiger partial charge in [-0.15, -0.1) is 0 Å². The Hall–Kier alpha value is -2.56.